The standard InChI is InChI=1S/C18H17NO6/c1-18(2,3)25-17(20)13-6-4-11(8-14(13)19(21)22)12-5-7-15-16(9-12)24-10-23-15/h4-9H,10H2,1-3H3. The van der Waals surface area contributed by atoms with Gasteiger partial charge in [-0.25, -0.2) is 4.79 Å². The average Bonchev–Trinajstić information content (AvgIpc) is 3.00. The molecule has 25 heavy (non-hydrogen) atoms. The first-order valence-electron chi connectivity index (χ1n) is 7.66. The van der Waals surface area contributed by atoms with Crippen molar-refractivity contribution >= 4 is 11.7 Å². The molecule has 0 atom stereocenters. The molecule has 0 fully saturated rings. The fourth-order valence-corrected chi connectivity index (χ4v) is 2.44. The lowest BCUT2D eigenvalue weighted by atomic mass is 10.0. The van der Waals surface area contributed by atoms with Crippen LogP contribution in [0.4, 0.5) is 5.69 Å². The summed E-state index contributed by atoms with van der Waals surface area (Å²) in [6, 6.07) is 9.67. The van der Waals surface area contributed by atoms with Gasteiger partial charge in [-0.3, -0.25) is 10.1 Å². The van der Waals surface area contributed by atoms with Crippen molar-refractivity contribution < 1.29 is 23.9 Å². The van der Waals surface area contributed by atoms with Gasteiger partial charge in [0, 0.05) is 6.07 Å². The number of nitro groups is 1. The number of hydrogen-bond donors (Lipinski definition) is 0. The minimum atomic E-state index is -0.735. The highest BCUT2D eigenvalue weighted by molar-refractivity contribution is 5.95. The van der Waals surface area contributed by atoms with Crippen molar-refractivity contribution in [1.29, 1.82) is 0 Å². The number of esters is 1. The molecule has 2 aromatic rings. The smallest absolute Gasteiger partial charge is 0.345 e. The van der Waals surface area contributed by atoms with Gasteiger partial charge in [-0.2, -0.15) is 0 Å². The quantitative estimate of drug-likeness (QED) is 0.476. The molecule has 0 aliphatic carbocycles. The topological polar surface area (TPSA) is 87.9 Å². The van der Waals surface area contributed by atoms with Crippen LogP contribution in [0.1, 0.15) is 31.1 Å². The molecule has 2 aromatic carbocycles. The summed E-state index contributed by atoms with van der Waals surface area (Å²) in [4.78, 5) is 23.1. The average molecular weight is 343 g/mol. The normalized spacial score (nSPS) is 12.8. The number of carbonyl (C=O) groups excluding carboxylic acids is 1. The first-order valence-corrected chi connectivity index (χ1v) is 7.66. The lowest BCUT2D eigenvalue weighted by Crippen LogP contribution is -2.24. The molecule has 130 valence electrons. The van der Waals surface area contributed by atoms with Gasteiger partial charge >= 0.3 is 5.97 Å². The van der Waals surface area contributed by atoms with Gasteiger partial charge in [-0.15, -0.1) is 0 Å². The van der Waals surface area contributed by atoms with Crippen molar-refractivity contribution in [2.75, 3.05) is 6.79 Å². The molecule has 1 heterocycles. The van der Waals surface area contributed by atoms with E-state index in [-0.39, 0.29) is 18.0 Å². The summed E-state index contributed by atoms with van der Waals surface area (Å²) in [5.74, 6) is 0.483. The Morgan fingerprint density at radius 2 is 1.72 bits per heavy atom. The van der Waals surface area contributed by atoms with E-state index in [1.165, 1.54) is 12.1 Å². The molecular formula is C18H17NO6. The molecule has 0 radical (unpaired) electrons. The first kappa shape index (κ1) is 16.8. The predicted molar refractivity (Wildman–Crippen MR) is 89.8 cm³/mol. The Kier molecular flexibility index (Phi) is 4.08. The van der Waals surface area contributed by atoms with Crippen LogP contribution < -0.4 is 9.47 Å². The fourth-order valence-electron chi connectivity index (χ4n) is 2.44. The maximum Gasteiger partial charge on any atom is 0.345 e. The fraction of sp³-hybridized carbons (Fsp3) is 0.278. The molecule has 0 saturated heterocycles. The highest BCUT2D eigenvalue weighted by Crippen LogP contribution is 2.37. The highest BCUT2D eigenvalue weighted by Gasteiger charge is 2.26. The van der Waals surface area contributed by atoms with Crippen LogP contribution in [-0.2, 0) is 4.74 Å². The van der Waals surface area contributed by atoms with Crippen LogP contribution in [0.5, 0.6) is 11.5 Å². The molecule has 1 aliphatic rings. The minimum Gasteiger partial charge on any atom is -0.456 e. The van der Waals surface area contributed by atoms with E-state index < -0.39 is 16.5 Å². The van der Waals surface area contributed by atoms with Crippen molar-refractivity contribution in [2.24, 2.45) is 0 Å². The summed E-state index contributed by atoms with van der Waals surface area (Å²) in [7, 11) is 0. The van der Waals surface area contributed by atoms with Gasteiger partial charge in [0.05, 0.1) is 4.92 Å². The highest BCUT2D eigenvalue weighted by atomic mass is 16.7. The Labute approximate surface area is 144 Å². The molecule has 0 N–H and O–H groups in total. The molecule has 0 aromatic heterocycles. The van der Waals surface area contributed by atoms with E-state index >= 15 is 0 Å². The van der Waals surface area contributed by atoms with Crippen LogP contribution in [0.25, 0.3) is 11.1 Å². The van der Waals surface area contributed by atoms with Crippen molar-refractivity contribution in [2.45, 2.75) is 26.4 Å². The number of benzene rings is 2. The van der Waals surface area contributed by atoms with E-state index in [0.717, 1.165) is 5.56 Å². The molecule has 7 heteroatoms. The molecule has 7 nitrogen and oxygen atoms in total. The monoisotopic (exact) mass is 343 g/mol. The van der Waals surface area contributed by atoms with E-state index in [2.05, 4.69) is 0 Å². The van der Waals surface area contributed by atoms with Gasteiger partial charge in [0.2, 0.25) is 6.79 Å². The summed E-state index contributed by atoms with van der Waals surface area (Å²) >= 11 is 0. The van der Waals surface area contributed by atoms with Crippen LogP contribution in [0, 0.1) is 10.1 Å². The Hall–Kier alpha value is -3.09. The second kappa shape index (κ2) is 6.08. The van der Waals surface area contributed by atoms with Crippen molar-refractivity contribution in [3.05, 3.63) is 52.1 Å². The Morgan fingerprint density at radius 1 is 1.08 bits per heavy atom. The summed E-state index contributed by atoms with van der Waals surface area (Å²) < 4.78 is 15.8. The number of nitrogens with zero attached hydrogens (tertiary/aromatic N) is 1. The van der Waals surface area contributed by atoms with Gasteiger partial charge in [-0.05, 0) is 50.1 Å². The van der Waals surface area contributed by atoms with Crippen LogP contribution in [0.2, 0.25) is 0 Å². The zero-order chi connectivity index (χ0) is 18.2. The van der Waals surface area contributed by atoms with E-state index in [4.69, 9.17) is 14.2 Å². The third kappa shape index (κ3) is 3.55. The summed E-state index contributed by atoms with van der Waals surface area (Å²) in [5.41, 5.74) is 0.204. The van der Waals surface area contributed by atoms with E-state index in [1.54, 1.807) is 45.0 Å². The van der Waals surface area contributed by atoms with E-state index in [9.17, 15) is 14.9 Å². The molecular weight excluding hydrogens is 326 g/mol. The van der Waals surface area contributed by atoms with Crippen molar-refractivity contribution in [1.82, 2.24) is 0 Å². The van der Waals surface area contributed by atoms with Gasteiger partial charge in [-0.1, -0.05) is 12.1 Å². The SMILES string of the molecule is CC(C)(C)OC(=O)c1ccc(-c2ccc3c(c2)OCO3)cc1[N+](=O)[O-]. The third-order valence-corrected chi connectivity index (χ3v) is 3.52. The number of nitro benzene ring substituents is 1. The molecule has 0 spiro atoms. The predicted octanol–water partition coefficient (Wildman–Crippen LogP) is 3.95. The van der Waals surface area contributed by atoms with Crippen LogP contribution >= 0.6 is 0 Å². The number of hydrogen-bond acceptors (Lipinski definition) is 6. The molecule has 0 amide bonds. The lowest BCUT2D eigenvalue weighted by molar-refractivity contribution is -0.385. The van der Waals surface area contributed by atoms with Gasteiger partial charge in [0.15, 0.2) is 11.5 Å². The molecule has 0 saturated carbocycles. The van der Waals surface area contributed by atoms with Crippen molar-refractivity contribution in [3.8, 4) is 22.6 Å². The van der Waals surface area contributed by atoms with Crippen LogP contribution in [-0.4, -0.2) is 23.3 Å². The molecule has 0 unspecified atom stereocenters. The van der Waals surface area contributed by atoms with Crippen LogP contribution in [0.15, 0.2) is 36.4 Å². The maximum absolute atomic E-state index is 12.2. The number of fused-ring (bicyclic) bond motifs is 1. The summed E-state index contributed by atoms with van der Waals surface area (Å²) in [6.07, 6.45) is 0. The maximum atomic E-state index is 12.2. The van der Waals surface area contributed by atoms with Gasteiger partial charge in [0.25, 0.3) is 5.69 Å². The van der Waals surface area contributed by atoms with Gasteiger partial charge < -0.3 is 14.2 Å². The Balaban J connectivity index is 1.99. The third-order valence-electron chi connectivity index (χ3n) is 3.52. The first-order chi connectivity index (χ1) is 11.7. The molecule has 0 bridgehead atoms. The molecule has 1 aliphatic heterocycles. The van der Waals surface area contributed by atoms with E-state index in [1.807, 2.05) is 0 Å². The van der Waals surface area contributed by atoms with Crippen LogP contribution in [0.3, 0.4) is 0 Å². The summed E-state index contributed by atoms with van der Waals surface area (Å²) in [6.45, 7) is 5.27. The molecule has 3 rings (SSSR count). The zero-order valence-corrected chi connectivity index (χ0v) is 14.1. The second-order valence-corrected chi connectivity index (χ2v) is 6.56. The largest absolute Gasteiger partial charge is 0.456 e. The second-order valence-electron chi connectivity index (χ2n) is 6.56. The Bertz CT molecular complexity index is 853. The Morgan fingerprint density at radius 3 is 2.40 bits per heavy atom. The lowest BCUT2D eigenvalue weighted by Gasteiger charge is -2.19. The number of ether oxygens (including phenoxy) is 3. The van der Waals surface area contributed by atoms with Crippen molar-refractivity contribution in [3.63, 3.8) is 0 Å². The summed E-state index contributed by atoms with van der Waals surface area (Å²) in [5, 5.41) is 11.4. The zero-order valence-electron chi connectivity index (χ0n) is 14.1. The number of rotatable bonds is 3. The van der Waals surface area contributed by atoms with E-state index in [0.29, 0.717) is 17.1 Å². The minimum absolute atomic E-state index is 0.0792. The van der Waals surface area contributed by atoms with Gasteiger partial charge in [0.1, 0.15) is 11.2 Å². The number of carbonyl (C=O) groups is 1.